The first-order valence-electron chi connectivity index (χ1n) is 9.68. The van der Waals surface area contributed by atoms with Gasteiger partial charge in [-0.05, 0) is 30.7 Å². The Hall–Kier alpha value is -2.17. The molecule has 1 aliphatic heterocycles. The lowest BCUT2D eigenvalue weighted by atomic mass is 9.78. The number of benzene rings is 1. The van der Waals surface area contributed by atoms with Crippen molar-refractivity contribution in [3.05, 3.63) is 35.4 Å². The van der Waals surface area contributed by atoms with Crippen LogP contribution in [0.3, 0.4) is 0 Å². The molecule has 1 N–H and O–H groups in total. The van der Waals surface area contributed by atoms with Gasteiger partial charge in [0.1, 0.15) is 6.54 Å². The fourth-order valence-corrected chi connectivity index (χ4v) is 3.85. The zero-order valence-corrected chi connectivity index (χ0v) is 16.0. The van der Waals surface area contributed by atoms with Gasteiger partial charge in [-0.3, -0.25) is 9.59 Å². The van der Waals surface area contributed by atoms with Gasteiger partial charge in [0.05, 0.1) is 5.71 Å². The minimum absolute atomic E-state index is 0.00575. The molecule has 1 aromatic carbocycles. The maximum atomic E-state index is 12.5. The van der Waals surface area contributed by atoms with E-state index in [4.69, 9.17) is 0 Å². The summed E-state index contributed by atoms with van der Waals surface area (Å²) >= 11 is 0. The molecular weight excluding hydrogens is 326 g/mol. The molecule has 26 heavy (non-hydrogen) atoms. The van der Waals surface area contributed by atoms with Crippen molar-refractivity contribution in [3.63, 3.8) is 0 Å². The van der Waals surface area contributed by atoms with Gasteiger partial charge in [-0.1, -0.05) is 56.5 Å². The molecule has 5 nitrogen and oxygen atoms in total. The van der Waals surface area contributed by atoms with Gasteiger partial charge < -0.3 is 5.32 Å². The van der Waals surface area contributed by atoms with Gasteiger partial charge in [-0.2, -0.15) is 5.10 Å². The smallest absolute Gasteiger partial charge is 0.243 e. The van der Waals surface area contributed by atoms with Crippen LogP contribution in [0.15, 0.2) is 29.4 Å². The molecule has 5 heteroatoms. The van der Waals surface area contributed by atoms with E-state index in [1.165, 1.54) is 17.0 Å². The van der Waals surface area contributed by atoms with Gasteiger partial charge in [0.2, 0.25) is 11.8 Å². The Morgan fingerprint density at radius 2 is 1.92 bits per heavy atom. The first-order chi connectivity index (χ1) is 12.4. The second kappa shape index (κ2) is 8.02. The summed E-state index contributed by atoms with van der Waals surface area (Å²) in [5, 5.41) is 8.93. The van der Waals surface area contributed by atoms with Crippen molar-refractivity contribution >= 4 is 17.5 Å². The highest BCUT2D eigenvalue weighted by molar-refractivity contribution is 6.04. The summed E-state index contributed by atoms with van der Waals surface area (Å²) in [7, 11) is 0. The molecule has 1 saturated carbocycles. The van der Waals surface area contributed by atoms with Gasteiger partial charge in [0.15, 0.2) is 0 Å². The second-order valence-corrected chi connectivity index (χ2v) is 7.81. The highest BCUT2D eigenvalue weighted by atomic mass is 16.2. The zero-order valence-electron chi connectivity index (χ0n) is 16.0. The molecule has 0 saturated heterocycles. The van der Waals surface area contributed by atoms with E-state index in [-0.39, 0.29) is 24.4 Å². The number of rotatable bonds is 4. The predicted molar refractivity (Wildman–Crippen MR) is 103 cm³/mol. The highest BCUT2D eigenvalue weighted by Gasteiger charge is 2.29. The number of carbonyl (C=O) groups is 2. The molecule has 0 spiro atoms. The lowest BCUT2D eigenvalue weighted by Crippen LogP contribution is -2.48. The molecule has 0 aromatic heterocycles. The number of hydrazone groups is 1. The minimum Gasteiger partial charge on any atom is -0.351 e. The van der Waals surface area contributed by atoms with Crippen LogP contribution < -0.4 is 5.32 Å². The topological polar surface area (TPSA) is 61.8 Å². The quantitative estimate of drug-likeness (QED) is 0.901. The van der Waals surface area contributed by atoms with Crippen LogP contribution in [-0.4, -0.2) is 35.1 Å². The fourth-order valence-electron chi connectivity index (χ4n) is 3.85. The largest absolute Gasteiger partial charge is 0.351 e. The summed E-state index contributed by atoms with van der Waals surface area (Å²) in [6.45, 7) is 6.50. The van der Waals surface area contributed by atoms with E-state index in [9.17, 15) is 9.59 Å². The molecule has 2 amide bonds. The molecule has 3 atom stereocenters. The summed E-state index contributed by atoms with van der Waals surface area (Å²) in [6.07, 6.45) is 4.41. The number of hydrogen-bond donors (Lipinski definition) is 1. The molecule has 1 fully saturated rings. The van der Waals surface area contributed by atoms with Gasteiger partial charge in [-0.25, -0.2) is 5.01 Å². The van der Waals surface area contributed by atoms with Crippen LogP contribution in [-0.2, 0) is 9.59 Å². The number of nitrogens with zero attached hydrogens (tertiary/aromatic N) is 2. The number of carbonyl (C=O) groups excluding carboxylic acids is 2. The highest BCUT2D eigenvalue weighted by Crippen LogP contribution is 2.29. The van der Waals surface area contributed by atoms with Crippen molar-refractivity contribution in [2.45, 2.75) is 58.9 Å². The number of aryl methyl sites for hydroxylation is 1. The molecule has 1 heterocycles. The SMILES string of the molecule is Cc1ccc(C2=NN(CC(=O)NC3CCCC(C)C3C)C(=O)CC2)cc1. The Kier molecular flexibility index (Phi) is 5.74. The maximum Gasteiger partial charge on any atom is 0.243 e. The van der Waals surface area contributed by atoms with Gasteiger partial charge >= 0.3 is 0 Å². The van der Waals surface area contributed by atoms with Crippen LogP contribution in [0.5, 0.6) is 0 Å². The fraction of sp³-hybridized carbons (Fsp3) is 0.571. The Labute approximate surface area is 155 Å². The lowest BCUT2D eigenvalue weighted by molar-refractivity contribution is -0.137. The Morgan fingerprint density at radius 1 is 1.19 bits per heavy atom. The zero-order chi connectivity index (χ0) is 18.7. The summed E-state index contributed by atoms with van der Waals surface area (Å²) < 4.78 is 0. The van der Waals surface area contributed by atoms with E-state index < -0.39 is 0 Å². The van der Waals surface area contributed by atoms with Crippen LogP contribution in [0, 0.1) is 18.8 Å². The predicted octanol–water partition coefficient (Wildman–Crippen LogP) is 3.26. The van der Waals surface area contributed by atoms with E-state index >= 15 is 0 Å². The van der Waals surface area contributed by atoms with Gasteiger partial charge in [-0.15, -0.1) is 0 Å². The average Bonchev–Trinajstić information content (AvgIpc) is 2.62. The third-order valence-electron chi connectivity index (χ3n) is 5.84. The molecular formula is C21H29N3O2. The van der Waals surface area contributed by atoms with E-state index in [0.29, 0.717) is 24.7 Å². The Bertz CT molecular complexity index is 696. The molecule has 140 valence electrons. The van der Waals surface area contributed by atoms with E-state index in [1.807, 2.05) is 31.2 Å². The molecule has 1 aliphatic carbocycles. The number of nitrogens with one attached hydrogen (secondary N) is 1. The van der Waals surface area contributed by atoms with Gasteiger partial charge in [0, 0.05) is 18.9 Å². The van der Waals surface area contributed by atoms with Crippen LogP contribution in [0.2, 0.25) is 0 Å². The second-order valence-electron chi connectivity index (χ2n) is 7.81. The summed E-state index contributed by atoms with van der Waals surface area (Å²) in [5.74, 6) is 0.896. The first kappa shape index (κ1) is 18.6. The van der Waals surface area contributed by atoms with Crippen LogP contribution >= 0.6 is 0 Å². The van der Waals surface area contributed by atoms with Crippen molar-refractivity contribution in [2.75, 3.05) is 6.54 Å². The van der Waals surface area contributed by atoms with Crippen molar-refractivity contribution in [1.29, 1.82) is 0 Å². The third-order valence-corrected chi connectivity index (χ3v) is 5.84. The standard InChI is InChI=1S/C21H29N3O2/c1-14-7-9-17(10-8-14)19-11-12-21(26)24(23-19)13-20(25)22-18-6-4-5-15(2)16(18)3/h7-10,15-16,18H,4-6,11-13H2,1-3H3,(H,22,25). The van der Waals surface area contributed by atoms with E-state index in [1.54, 1.807) is 0 Å². The van der Waals surface area contributed by atoms with E-state index in [2.05, 4.69) is 24.3 Å². The summed E-state index contributed by atoms with van der Waals surface area (Å²) in [5.41, 5.74) is 3.08. The maximum absolute atomic E-state index is 12.5. The normalized spacial score (nSPS) is 26.4. The third kappa shape index (κ3) is 4.32. The summed E-state index contributed by atoms with van der Waals surface area (Å²) in [6, 6.07) is 8.32. The Balaban J connectivity index is 1.65. The van der Waals surface area contributed by atoms with Crippen molar-refractivity contribution < 1.29 is 9.59 Å². The number of hydrogen-bond acceptors (Lipinski definition) is 3. The molecule has 3 rings (SSSR count). The van der Waals surface area contributed by atoms with Gasteiger partial charge in [0.25, 0.3) is 0 Å². The van der Waals surface area contributed by atoms with Crippen molar-refractivity contribution in [2.24, 2.45) is 16.9 Å². The summed E-state index contributed by atoms with van der Waals surface area (Å²) in [4.78, 5) is 24.7. The molecule has 0 radical (unpaired) electrons. The minimum atomic E-state index is -0.113. The number of amides is 2. The molecule has 3 unspecified atom stereocenters. The molecule has 0 bridgehead atoms. The van der Waals surface area contributed by atoms with E-state index in [0.717, 1.165) is 24.1 Å². The average molecular weight is 355 g/mol. The Morgan fingerprint density at radius 3 is 2.65 bits per heavy atom. The van der Waals surface area contributed by atoms with Crippen molar-refractivity contribution in [3.8, 4) is 0 Å². The van der Waals surface area contributed by atoms with Crippen molar-refractivity contribution in [1.82, 2.24) is 10.3 Å². The lowest BCUT2D eigenvalue weighted by Gasteiger charge is -2.35. The van der Waals surface area contributed by atoms with Crippen LogP contribution in [0.1, 0.15) is 57.1 Å². The van der Waals surface area contributed by atoms with Crippen LogP contribution in [0.4, 0.5) is 0 Å². The first-order valence-corrected chi connectivity index (χ1v) is 9.68. The monoisotopic (exact) mass is 355 g/mol. The molecule has 2 aliphatic rings. The molecule has 1 aromatic rings. The van der Waals surface area contributed by atoms with Crippen LogP contribution in [0.25, 0.3) is 0 Å².